The van der Waals surface area contributed by atoms with Crippen molar-refractivity contribution in [3.63, 3.8) is 0 Å². The molecule has 3 N–H and O–H groups in total. The Bertz CT molecular complexity index is 295. The Morgan fingerprint density at radius 3 is 2.07 bits per heavy atom. The molecule has 0 fully saturated rings. The van der Waals surface area contributed by atoms with E-state index in [2.05, 4.69) is 26.1 Å². The van der Waals surface area contributed by atoms with E-state index in [1.807, 2.05) is 24.3 Å². The number of para-hydroxylation sites is 2. The van der Waals surface area contributed by atoms with Crippen LogP contribution < -0.4 is 11.1 Å². The van der Waals surface area contributed by atoms with Gasteiger partial charge in [-0.15, -0.1) is 0 Å². The van der Waals surface area contributed by atoms with Crippen LogP contribution in [0, 0.1) is 0 Å². The number of anilines is 2. The lowest BCUT2D eigenvalue weighted by atomic mass is 9.89. The van der Waals surface area contributed by atoms with E-state index >= 15 is 0 Å². The van der Waals surface area contributed by atoms with Crippen molar-refractivity contribution in [2.45, 2.75) is 45.6 Å². The molecule has 0 saturated carbocycles. The smallest absolute Gasteiger partial charge is 0.0578 e. The van der Waals surface area contributed by atoms with Crippen molar-refractivity contribution in [2.24, 2.45) is 0 Å². The first kappa shape index (κ1) is 11.9. The van der Waals surface area contributed by atoms with Gasteiger partial charge in [-0.2, -0.15) is 0 Å². The van der Waals surface area contributed by atoms with Gasteiger partial charge < -0.3 is 11.1 Å². The average Bonchev–Trinajstić information content (AvgIpc) is 2.29. The summed E-state index contributed by atoms with van der Waals surface area (Å²) in [5, 5.41) is 3.58. The summed E-state index contributed by atoms with van der Waals surface area (Å²) in [7, 11) is 0. The molecule has 0 saturated heterocycles. The molecule has 0 aliphatic rings. The molecule has 1 aromatic carbocycles. The van der Waals surface area contributed by atoms with Crippen molar-refractivity contribution >= 4 is 11.4 Å². The van der Waals surface area contributed by atoms with Crippen molar-refractivity contribution in [3.05, 3.63) is 24.3 Å². The fourth-order valence-electron chi connectivity index (χ4n) is 1.91. The highest BCUT2D eigenvalue weighted by Crippen LogP contribution is 2.28. The summed E-state index contributed by atoms with van der Waals surface area (Å²) in [4.78, 5) is 0. The quantitative estimate of drug-likeness (QED) is 0.722. The van der Waals surface area contributed by atoms with Crippen LogP contribution in [0.2, 0.25) is 0 Å². The van der Waals surface area contributed by atoms with E-state index in [1.165, 1.54) is 0 Å². The van der Waals surface area contributed by atoms with Crippen LogP contribution >= 0.6 is 0 Å². The maximum atomic E-state index is 5.93. The van der Waals surface area contributed by atoms with Crippen molar-refractivity contribution in [3.8, 4) is 0 Å². The SMILES string of the molecule is CCC(CC)(CC)Nc1ccccc1N. The monoisotopic (exact) mass is 206 g/mol. The van der Waals surface area contributed by atoms with Crippen LogP contribution in [0.15, 0.2) is 24.3 Å². The van der Waals surface area contributed by atoms with E-state index in [1.54, 1.807) is 0 Å². The topological polar surface area (TPSA) is 38.0 Å². The van der Waals surface area contributed by atoms with Gasteiger partial charge in [0.2, 0.25) is 0 Å². The Morgan fingerprint density at radius 2 is 1.60 bits per heavy atom. The highest BCUT2D eigenvalue weighted by Gasteiger charge is 2.23. The summed E-state index contributed by atoms with van der Waals surface area (Å²) in [6.45, 7) is 6.66. The second-order valence-electron chi connectivity index (χ2n) is 4.05. The van der Waals surface area contributed by atoms with Crippen LogP contribution in [0.1, 0.15) is 40.0 Å². The third-order valence-corrected chi connectivity index (χ3v) is 3.39. The van der Waals surface area contributed by atoms with Gasteiger partial charge in [0.05, 0.1) is 11.4 Å². The molecular weight excluding hydrogens is 184 g/mol. The summed E-state index contributed by atoms with van der Waals surface area (Å²) >= 11 is 0. The molecule has 0 aliphatic heterocycles. The summed E-state index contributed by atoms with van der Waals surface area (Å²) in [6, 6.07) is 7.97. The van der Waals surface area contributed by atoms with Gasteiger partial charge in [-0.25, -0.2) is 0 Å². The van der Waals surface area contributed by atoms with Crippen LogP contribution in [-0.4, -0.2) is 5.54 Å². The van der Waals surface area contributed by atoms with Crippen molar-refractivity contribution in [1.82, 2.24) is 0 Å². The number of nitrogen functional groups attached to an aromatic ring is 1. The molecule has 0 atom stereocenters. The fraction of sp³-hybridized carbons (Fsp3) is 0.538. The van der Waals surface area contributed by atoms with E-state index in [0.29, 0.717) is 0 Å². The minimum Gasteiger partial charge on any atom is -0.397 e. The van der Waals surface area contributed by atoms with Crippen LogP contribution in [0.25, 0.3) is 0 Å². The predicted octanol–water partition coefficient (Wildman–Crippen LogP) is 3.65. The number of rotatable bonds is 5. The number of hydrogen-bond donors (Lipinski definition) is 2. The zero-order valence-electron chi connectivity index (χ0n) is 10.0. The van der Waals surface area contributed by atoms with Crippen LogP contribution in [0.5, 0.6) is 0 Å². The molecule has 0 amide bonds. The molecule has 2 nitrogen and oxygen atoms in total. The van der Waals surface area contributed by atoms with Crippen LogP contribution in [0.4, 0.5) is 11.4 Å². The third-order valence-electron chi connectivity index (χ3n) is 3.39. The molecule has 0 bridgehead atoms. The fourth-order valence-corrected chi connectivity index (χ4v) is 1.91. The van der Waals surface area contributed by atoms with Gasteiger partial charge in [0, 0.05) is 5.54 Å². The van der Waals surface area contributed by atoms with Gasteiger partial charge in [-0.1, -0.05) is 32.9 Å². The first-order valence-electron chi connectivity index (χ1n) is 5.80. The van der Waals surface area contributed by atoms with E-state index in [9.17, 15) is 0 Å². The largest absolute Gasteiger partial charge is 0.397 e. The van der Waals surface area contributed by atoms with Gasteiger partial charge in [0.25, 0.3) is 0 Å². The molecule has 1 aromatic rings. The maximum absolute atomic E-state index is 5.93. The molecule has 0 radical (unpaired) electrons. The normalized spacial score (nSPS) is 11.4. The lowest BCUT2D eigenvalue weighted by Gasteiger charge is -2.33. The second-order valence-corrected chi connectivity index (χ2v) is 4.05. The van der Waals surface area contributed by atoms with E-state index in [0.717, 1.165) is 30.6 Å². The Hall–Kier alpha value is -1.18. The lowest BCUT2D eigenvalue weighted by Crippen LogP contribution is -2.36. The van der Waals surface area contributed by atoms with E-state index < -0.39 is 0 Å². The molecule has 1 rings (SSSR count). The predicted molar refractivity (Wildman–Crippen MR) is 68.1 cm³/mol. The zero-order valence-corrected chi connectivity index (χ0v) is 10.0. The number of nitrogens with one attached hydrogen (secondary N) is 1. The van der Waals surface area contributed by atoms with Gasteiger partial charge in [0.15, 0.2) is 0 Å². The van der Waals surface area contributed by atoms with Gasteiger partial charge in [0.1, 0.15) is 0 Å². The van der Waals surface area contributed by atoms with E-state index in [-0.39, 0.29) is 5.54 Å². The molecule has 0 aromatic heterocycles. The molecule has 0 heterocycles. The minimum atomic E-state index is 0.190. The van der Waals surface area contributed by atoms with E-state index in [4.69, 9.17) is 5.73 Å². The number of benzene rings is 1. The molecular formula is C13H22N2. The Morgan fingerprint density at radius 1 is 1.07 bits per heavy atom. The maximum Gasteiger partial charge on any atom is 0.0578 e. The minimum absolute atomic E-state index is 0.190. The first-order chi connectivity index (χ1) is 7.17. The first-order valence-corrected chi connectivity index (χ1v) is 5.80. The molecule has 15 heavy (non-hydrogen) atoms. The number of hydrogen-bond acceptors (Lipinski definition) is 2. The molecule has 0 spiro atoms. The molecule has 2 heteroatoms. The number of nitrogens with two attached hydrogens (primary N) is 1. The molecule has 84 valence electrons. The second kappa shape index (κ2) is 5.06. The Kier molecular flexibility index (Phi) is 4.01. The summed E-state index contributed by atoms with van der Waals surface area (Å²) in [5.74, 6) is 0. The molecule has 0 aliphatic carbocycles. The summed E-state index contributed by atoms with van der Waals surface area (Å²) in [6.07, 6.45) is 3.36. The highest BCUT2D eigenvalue weighted by atomic mass is 15.0. The summed E-state index contributed by atoms with van der Waals surface area (Å²) < 4.78 is 0. The molecule has 0 unspecified atom stereocenters. The Labute approximate surface area is 92.9 Å². The standard InChI is InChI=1S/C13H22N2/c1-4-13(5-2,6-3)15-12-10-8-7-9-11(12)14/h7-10,15H,4-6,14H2,1-3H3. The Balaban J connectivity index is 2.88. The van der Waals surface area contributed by atoms with Crippen LogP contribution in [0.3, 0.4) is 0 Å². The van der Waals surface area contributed by atoms with Crippen molar-refractivity contribution in [2.75, 3.05) is 11.1 Å². The van der Waals surface area contributed by atoms with Crippen LogP contribution in [-0.2, 0) is 0 Å². The van der Waals surface area contributed by atoms with Gasteiger partial charge in [-0.3, -0.25) is 0 Å². The van der Waals surface area contributed by atoms with Crippen molar-refractivity contribution in [1.29, 1.82) is 0 Å². The van der Waals surface area contributed by atoms with Gasteiger partial charge in [-0.05, 0) is 31.4 Å². The van der Waals surface area contributed by atoms with Gasteiger partial charge >= 0.3 is 0 Å². The highest BCUT2D eigenvalue weighted by molar-refractivity contribution is 5.66. The zero-order chi connectivity index (χ0) is 11.3. The third kappa shape index (κ3) is 2.65. The van der Waals surface area contributed by atoms with Crippen molar-refractivity contribution < 1.29 is 0 Å². The average molecular weight is 206 g/mol. The lowest BCUT2D eigenvalue weighted by molar-refractivity contribution is 0.420. The summed E-state index contributed by atoms with van der Waals surface area (Å²) in [5.41, 5.74) is 8.01.